The van der Waals surface area contributed by atoms with Crippen LogP contribution in [0.15, 0.2) is 35.7 Å². The molecular weight excluding hydrogens is 350 g/mol. The van der Waals surface area contributed by atoms with Crippen molar-refractivity contribution >= 4 is 22.4 Å². The Morgan fingerprint density at radius 3 is 2.85 bits per heavy atom. The maximum absolute atomic E-state index is 4.77. The van der Waals surface area contributed by atoms with Gasteiger partial charge in [-0.2, -0.15) is 0 Å². The van der Waals surface area contributed by atoms with Crippen molar-refractivity contribution in [2.24, 2.45) is 0 Å². The average molecular weight is 380 g/mol. The molecule has 1 atom stereocenters. The van der Waals surface area contributed by atoms with E-state index in [1.165, 1.54) is 69.5 Å². The molecule has 3 nitrogen and oxygen atoms in total. The summed E-state index contributed by atoms with van der Waals surface area (Å²) < 4.78 is 2.49. The lowest BCUT2D eigenvalue weighted by molar-refractivity contribution is 0.180. The van der Waals surface area contributed by atoms with Gasteiger partial charge in [-0.25, -0.2) is 4.98 Å². The number of thiophene rings is 1. The predicted octanol–water partition coefficient (Wildman–Crippen LogP) is 5.55. The molecule has 5 rings (SSSR count). The van der Waals surface area contributed by atoms with Crippen LogP contribution >= 0.6 is 11.3 Å². The lowest BCUT2D eigenvalue weighted by atomic mass is 9.85. The summed E-state index contributed by atoms with van der Waals surface area (Å²) in [6, 6.07) is 11.6. The molecule has 27 heavy (non-hydrogen) atoms. The molecule has 1 unspecified atom stereocenters. The number of para-hydroxylation sites is 2. The Hall–Kier alpha value is -1.65. The summed E-state index contributed by atoms with van der Waals surface area (Å²) in [6.07, 6.45) is 7.91. The summed E-state index contributed by atoms with van der Waals surface area (Å²) in [6.45, 7) is 5.86. The lowest BCUT2D eigenvalue weighted by Gasteiger charge is -2.34. The fourth-order valence-corrected chi connectivity index (χ4v) is 6.26. The van der Waals surface area contributed by atoms with E-state index in [4.69, 9.17) is 4.98 Å². The van der Waals surface area contributed by atoms with Crippen molar-refractivity contribution in [1.82, 2.24) is 14.5 Å². The highest BCUT2D eigenvalue weighted by atomic mass is 32.1. The van der Waals surface area contributed by atoms with Gasteiger partial charge in [-0.15, -0.1) is 11.3 Å². The number of piperidine rings is 1. The zero-order valence-electron chi connectivity index (χ0n) is 16.2. The highest BCUT2D eigenvalue weighted by Crippen LogP contribution is 2.37. The van der Waals surface area contributed by atoms with Crippen molar-refractivity contribution in [2.45, 2.75) is 57.4 Å². The predicted molar refractivity (Wildman–Crippen MR) is 114 cm³/mol. The second-order valence-corrected chi connectivity index (χ2v) is 9.27. The molecule has 1 saturated heterocycles. The van der Waals surface area contributed by atoms with E-state index in [1.807, 2.05) is 11.3 Å². The molecule has 1 aliphatic heterocycles. The number of benzene rings is 1. The van der Waals surface area contributed by atoms with Crippen molar-refractivity contribution in [1.29, 1.82) is 0 Å². The van der Waals surface area contributed by atoms with Crippen molar-refractivity contribution in [3.63, 3.8) is 0 Å². The lowest BCUT2D eigenvalue weighted by Crippen LogP contribution is -2.36. The quantitative estimate of drug-likeness (QED) is 0.592. The third kappa shape index (κ3) is 3.34. The van der Waals surface area contributed by atoms with E-state index in [0.717, 1.165) is 11.4 Å². The van der Waals surface area contributed by atoms with Crippen molar-refractivity contribution in [2.75, 3.05) is 19.6 Å². The van der Waals surface area contributed by atoms with Crippen LogP contribution < -0.4 is 0 Å². The summed E-state index contributed by atoms with van der Waals surface area (Å²) in [5, 5.41) is 2.30. The second-order valence-electron chi connectivity index (χ2n) is 8.27. The van der Waals surface area contributed by atoms with Crippen LogP contribution in [-0.2, 0) is 6.42 Å². The first-order chi connectivity index (χ1) is 13.3. The molecule has 2 aromatic heterocycles. The average Bonchev–Trinajstić information content (AvgIpc) is 3.30. The van der Waals surface area contributed by atoms with Gasteiger partial charge in [0, 0.05) is 24.0 Å². The monoisotopic (exact) mass is 379 g/mol. The summed E-state index contributed by atoms with van der Waals surface area (Å²) in [5.41, 5.74) is 4.11. The minimum Gasteiger partial charge on any atom is -0.325 e. The Morgan fingerprint density at radius 1 is 1.11 bits per heavy atom. The van der Waals surface area contributed by atoms with Crippen LogP contribution in [0, 0.1) is 6.92 Å². The van der Waals surface area contributed by atoms with E-state index < -0.39 is 0 Å². The van der Waals surface area contributed by atoms with Gasteiger partial charge in [0.05, 0.1) is 11.0 Å². The number of nitrogens with zero attached hydrogens (tertiary/aromatic N) is 3. The minimum absolute atomic E-state index is 0.604. The Kier molecular flexibility index (Phi) is 4.78. The Labute approximate surface area is 166 Å². The van der Waals surface area contributed by atoms with Crippen molar-refractivity contribution in [3.05, 3.63) is 52.0 Å². The topological polar surface area (TPSA) is 21.1 Å². The van der Waals surface area contributed by atoms with E-state index in [2.05, 4.69) is 52.1 Å². The van der Waals surface area contributed by atoms with Crippen molar-refractivity contribution < 1.29 is 0 Å². The van der Waals surface area contributed by atoms with E-state index in [9.17, 15) is 0 Å². The second kappa shape index (κ2) is 7.40. The molecule has 0 spiro atoms. The standard InChI is InChI=1S/C23H29N3S/c1-17-24-21-6-2-3-7-22(21)26(17)19-10-14-25(15-11-19)13-9-18-5-4-8-23-20(18)12-16-27-23/h2-3,6-7,12,16,18-19H,4-5,8-11,13-15H2,1H3. The summed E-state index contributed by atoms with van der Waals surface area (Å²) >= 11 is 1.97. The zero-order chi connectivity index (χ0) is 18.2. The van der Waals surface area contributed by atoms with Gasteiger partial charge in [0.15, 0.2) is 0 Å². The van der Waals surface area contributed by atoms with E-state index >= 15 is 0 Å². The van der Waals surface area contributed by atoms with Crippen LogP contribution in [0.2, 0.25) is 0 Å². The van der Waals surface area contributed by atoms with Gasteiger partial charge in [-0.3, -0.25) is 0 Å². The smallest absolute Gasteiger partial charge is 0.106 e. The van der Waals surface area contributed by atoms with Gasteiger partial charge in [0.25, 0.3) is 0 Å². The number of fused-ring (bicyclic) bond motifs is 2. The number of aryl methyl sites for hydroxylation is 2. The number of hydrogen-bond donors (Lipinski definition) is 0. The largest absolute Gasteiger partial charge is 0.325 e. The SMILES string of the molecule is Cc1nc2ccccc2n1C1CCN(CCC2CCCc3sccc32)CC1. The molecule has 142 valence electrons. The molecule has 1 aromatic carbocycles. The van der Waals surface area contributed by atoms with Gasteiger partial charge in [0.1, 0.15) is 5.82 Å². The molecule has 4 heteroatoms. The minimum atomic E-state index is 0.604. The maximum Gasteiger partial charge on any atom is 0.106 e. The van der Waals surface area contributed by atoms with E-state index in [0.29, 0.717) is 6.04 Å². The molecule has 2 aliphatic rings. The molecule has 0 bridgehead atoms. The zero-order valence-corrected chi connectivity index (χ0v) is 17.0. The Morgan fingerprint density at radius 2 is 1.96 bits per heavy atom. The fraction of sp³-hybridized carbons (Fsp3) is 0.522. The molecule has 1 aliphatic carbocycles. The highest BCUT2D eigenvalue weighted by molar-refractivity contribution is 7.10. The van der Waals surface area contributed by atoms with Gasteiger partial charge in [-0.1, -0.05) is 12.1 Å². The maximum atomic E-state index is 4.77. The summed E-state index contributed by atoms with van der Waals surface area (Å²) in [4.78, 5) is 9.13. The molecular formula is C23H29N3S. The third-order valence-corrected chi connectivity index (χ3v) is 7.66. The van der Waals surface area contributed by atoms with E-state index in [1.54, 1.807) is 10.4 Å². The van der Waals surface area contributed by atoms with Crippen LogP contribution in [0.1, 0.15) is 60.3 Å². The number of likely N-dealkylation sites (tertiary alicyclic amines) is 1. The van der Waals surface area contributed by atoms with Crippen LogP contribution in [-0.4, -0.2) is 34.1 Å². The first kappa shape index (κ1) is 17.4. The normalized spacial score (nSPS) is 21.6. The van der Waals surface area contributed by atoms with E-state index in [-0.39, 0.29) is 0 Å². The molecule has 0 radical (unpaired) electrons. The van der Waals surface area contributed by atoms with Gasteiger partial charge in [0.2, 0.25) is 0 Å². The first-order valence-corrected chi connectivity index (χ1v) is 11.4. The molecule has 3 aromatic rings. The van der Waals surface area contributed by atoms with Gasteiger partial charge >= 0.3 is 0 Å². The number of rotatable bonds is 4. The summed E-state index contributed by atoms with van der Waals surface area (Å²) in [7, 11) is 0. The van der Waals surface area contributed by atoms with Crippen LogP contribution in [0.3, 0.4) is 0 Å². The third-order valence-electron chi connectivity index (χ3n) is 6.66. The molecule has 3 heterocycles. The number of imidazole rings is 1. The molecule has 1 fully saturated rings. The first-order valence-electron chi connectivity index (χ1n) is 10.5. The molecule has 0 amide bonds. The number of hydrogen-bond acceptors (Lipinski definition) is 3. The fourth-order valence-electron chi connectivity index (χ4n) is 5.25. The number of aromatic nitrogens is 2. The molecule has 0 N–H and O–H groups in total. The highest BCUT2D eigenvalue weighted by Gasteiger charge is 2.25. The van der Waals surface area contributed by atoms with Crippen molar-refractivity contribution in [3.8, 4) is 0 Å². The van der Waals surface area contributed by atoms with Crippen LogP contribution in [0.4, 0.5) is 0 Å². The Bertz CT molecular complexity index is 917. The van der Waals surface area contributed by atoms with Crippen LogP contribution in [0.5, 0.6) is 0 Å². The summed E-state index contributed by atoms with van der Waals surface area (Å²) in [5.74, 6) is 1.97. The van der Waals surface area contributed by atoms with Gasteiger partial charge < -0.3 is 9.47 Å². The molecule has 0 saturated carbocycles. The Balaban J connectivity index is 1.21. The van der Waals surface area contributed by atoms with Gasteiger partial charge in [-0.05, 0) is 87.1 Å². The van der Waals surface area contributed by atoms with Crippen LogP contribution in [0.25, 0.3) is 11.0 Å².